The van der Waals surface area contributed by atoms with Crippen LogP contribution in [0, 0.1) is 5.92 Å². The summed E-state index contributed by atoms with van der Waals surface area (Å²) in [5, 5.41) is 3.02. The number of nitrogen functional groups attached to an aromatic ring is 1. The average molecular weight is 264 g/mol. The minimum absolute atomic E-state index is 0.134. The fraction of sp³-hybridized carbons (Fsp3) is 0.500. The van der Waals surface area contributed by atoms with E-state index < -0.39 is 0 Å². The highest BCUT2D eigenvalue weighted by molar-refractivity contribution is 7.99. The monoisotopic (exact) mass is 264 g/mol. The first-order valence-corrected chi connectivity index (χ1v) is 7.59. The van der Waals surface area contributed by atoms with Crippen molar-refractivity contribution >= 4 is 23.4 Å². The second-order valence-corrected chi connectivity index (χ2v) is 5.88. The van der Waals surface area contributed by atoms with E-state index in [1.54, 1.807) is 0 Å². The van der Waals surface area contributed by atoms with Gasteiger partial charge in [-0.1, -0.05) is 18.2 Å². The molecule has 98 valence electrons. The first kappa shape index (κ1) is 13.3. The lowest BCUT2D eigenvalue weighted by molar-refractivity contribution is -0.121. The van der Waals surface area contributed by atoms with E-state index in [0.717, 1.165) is 24.2 Å². The second-order valence-electron chi connectivity index (χ2n) is 4.73. The number of amides is 1. The SMILES string of the molecule is Nc1ccccc1CCC(=O)NCC1CCSC1. The Morgan fingerprint density at radius 2 is 2.28 bits per heavy atom. The fourth-order valence-corrected chi connectivity index (χ4v) is 3.39. The number of benzene rings is 1. The van der Waals surface area contributed by atoms with E-state index in [9.17, 15) is 4.79 Å². The lowest BCUT2D eigenvalue weighted by atomic mass is 10.1. The maximum absolute atomic E-state index is 11.7. The van der Waals surface area contributed by atoms with Gasteiger partial charge in [0, 0.05) is 18.7 Å². The van der Waals surface area contributed by atoms with E-state index >= 15 is 0 Å². The number of rotatable bonds is 5. The quantitative estimate of drug-likeness (QED) is 0.801. The van der Waals surface area contributed by atoms with Crippen LogP contribution in [-0.4, -0.2) is 24.0 Å². The molecule has 4 heteroatoms. The largest absolute Gasteiger partial charge is 0.399 e. The molecule has 0 radical (unpaired) electrons. The molecule has 2 rings (SSSR count). The van der Waals surface area contributed by atoms with Crippen molar-refractivity contribution in [2.45, 2.75) is 19.3 Å². The lowest BCUT2D eigenvalue weighted by Gasteiger charge is -2.10. The van der Waals surface area contributed by atoms with E-state index in [-0.39, 0.29) is 5.91 Å². The molecule has 0 saturated carbocycles. The van der Waals surface area contributed by atoms with Gasteiger partial charge in [0.15, 0.2) is 0 Å². The molecule has 1 aromatic carbocycles. The van der Waals surface area contributed by atoms with Crippen molar-refractivity contribution in [2.24, 2.45) is 5.92 Å². The molecule has 1 heterocycles. The van der Waals surface area contributed by atoms with Crippen molar-refractivity contribution in [3.05, 3.63) is 29.8 Å². The molecule has 0 aliphatic carbocycles. The second kappa shape index (κ2) is 6.69. The van der Waals surface area contributed by atoms with Gasteiger partial charge >= 0.3 is 0 Å². The number of para-hydroxylation sites is 1. The molecule has 3 N–H and O–H groups in total. The van der Waals surface area contributed by atoms with Gasteiger partial charge in [-0.25, -0.2) is 0 Å². The Hall–Kier alpha value is -1.16. The summed E-state index contributed by atoms with van der Waals surface area (Å²) in [5.41, 5.74) is 7.68. The van der Waals surface area contributed by atoms with Crippen LogP contribution in [0.3, 0.4) is 0 Å². The normalized spacial score (nSPS) is 18.8. The molecule has 1 amide bonds. The zero-order chi connectivity index (χ0) is 12.8. The number of carbonyl (C=O) groups excluding carboxylic acids is 1. The standard InChI is InChI=1S/C14H20N2OS/c15-13-4-2-1-3-12(13)5-6-14(17)16-9-11-7-8-18-10-11/h1-4,11H,5-10,15H2,(H,16,17). The van der Waals surface area contributed by atoms with Crippen molar-refractivity contribution in [3.8, 4) is 0 Å². The summed E-state index contributed by atoms with van der Waals surface area (Å²) in [5.74, 6) is 3.23. The smallest absolute Gasteiger partial charge is 0.220 e. The molecular weight excluding hydrogens is 244 g/mol. The summed E-state index contributed by atoms with van der Waals surface area (Å²) in [6.07, 6.45) is 2.47. The summed E-state index contributed by atoms with van der Waals surface area (Å²) in [6.45, 7) is 0.829. The van der Waals surface area contributed by atoms with Gasteiger partial charge in [-0.15, -0.1) is 0 Å². The van der Waals surface area contributed by atoms with Gasteiger partial charge < -0.3 is 11.1 Å². The Labute approximate surface area is 113 Å². The highest BCUT2D eigenvalue weighted by atomic mass is 32.2. The molecule has 18 heavy (non-hydrogen) atoms. The number of hydrogen-bond acceptors (Lipinski definition) is 3. The van der Waals surface area contributed by atoms with Crippen LogP contribution in [0.5, 0.6) is 0 Å². The Morgan fingerprint density at radius 1 is 1.44 bits per heavy atom. The van der Waals surface area contributed by atoms with Gasteiger partial charge in [0.25, 0.3) is 0 Å². The number of anilines is 1. The number of hydrogen-bond donors (Lipinski definition) is 2. The summed E-state index contributed by atoms with van der Waals surface area (Å²) in [6, 6.07) is 7.73. The lowest BCUT2D eigenvalue weighted by Crippen LogP contribution is -2.29. The van der Waals surface area contributed by atoms with Crippen molar-refractivity contribution in [1.82, 2.24) is 5.32 Å². The highest BCUT2D eigenvalue weighted by Gasteiger charge is 2.15. The minimum atomic E-state index is 0.134. The zero-order valence-corrected chi connectivity index (χ0v) is 11.3. The molecule has 0 bridgehead atoms. The molecule has 1 saturated heterocycles. The Kier molecular flexibility index (Phi) is 4.93. The molecule has 1 atom stereocenters. The van der Waals surface area contributed by atoms with E-state index in [1.807, 2.05) is 36.0 Å². The van der Waals surface area contributed by atoms with Crippen LogP contribution in [0.15, 0.2) is 24.3 Å². The number of nitrogens with two attached hydrogens (primary N) is 1. The minimum Gasteiger partial charge on any atom is -0.399 e. The van der Waals surface area contributed by atoms with E-state index in [4.69, 9.17) is 5.73 Å². The Balaban J connectivity index is 1.69. The molecule has 1 unspecified atom stereocenters. The third-order valence-corrected chi connectivity index (χ3v) is 4.52. The summed E-state index contributed by atoms with van der Waals surface area (Å²) in [7, 11) is 0. The zero-order valence-electron chi connectivity index (χ0n) is 10.5. The van der Waals surface area contributed by atoms with Crippen molar-refractivity contribution < 1.29 is 4.79 Å². The van der Waals surface area contributed by atoms with Crippen LogP contribution in [0.2, 0.25) is 0 Å². The van der Waals surface area contributed by atoms with Crippen molar-refractivity contribution in [1.29, 1.82) is 0 Å². The predicted octanol–water partition coefficient (Wildman–Crippen LogP) is 2.07. The van der Waals surface area contributed by atoms with Gasteiger partial charge in [0.05, 0.1) is 0 Å². The average Bonchev–Trinajstić information content (AvgIpc) is 2.88. The highest BCUT2D eigenvalue weighted by Crippen LogP contribution is 2.22. The van der Waals surface area contributed by atoms with Crippen LogP contribution in [0.25, 0.3) is 0 Å². The predicted molar refractivity (Wildman–Crippen MR) is 77.6 cm³/mol. The number of thioether (sulfide) groups is 1. The van der Waals surface area contributed by atoms with Crippen LogP contribution in [0.1, 0.15) is 18.4 Å². The number of carbonyl (C=O) groups is 1. The third-order valence-electron chi connectivity index (χ3n) is 3.29. The molecule has 0 spiro atoms. The summed E-state index contributed by atoms with van der Waals surface area (Å²) < 4.78 is 0. The molecule has 1 aromatic rings. The van der Waals surface area contributed by atoms with Gasteiger partial charge in [-0.3, -0.25) is 4.79 Å². The summed E-state index contributed by atoms with van der Waals surface area (Å²) >= 11 is 1.98. The molecular formula is C14H20N2OS. The van der Waals surface area contributed by atoms with Crippen LogP contribution >= 0.6 is 11.8 Å². The van der Waals surface area contributed by atoms with E-state index in [0.29, 0.717) is 12.3 Å². The maximum Gasteiger partial charge on any atom is 0.220 e. The van der Waals surface area contributed by atoms with Gasteiger partial charge in [-0.2, -0.15) is 11.8 Å². The topological polar surface area (TPSA) is 55.1 Å². The number of nitrogens with one attached hydrogen (secondary N) is 1. The first-order chi connectivity index (χ1) is 8.75. The van der Waals surface area contributed by atoms with Gasteiger partial charge in [-0.05, 0) is 41.9 Å². The molecule has 0 aromatic heterocycles. The van der Waals surface area contributed by atoms with E-state index in [2.05, 4.69) is 5.32 Å². The molecule has 3 nitrogen and oxygen atoms in total. The fourth-order valence-electron chi connectivity index (χ4n) is 2.10. The van der Waals surface area contributed by atoms with Crippen LogP contribution < -0.4 is 11.1 Å². The van der Waals surface area contributed by atoms with E-state index in [1.165, 1.54) is 17.9 Å². The third kappa shape index (κ3) is 3.95. The molecule has 1 fully saturated rings. The Morgan fingerprint density at radius 3 is 3.00 bits per heavy atom. The maximum atomic E-state index is 11.7. The van der Waals surface area contributed by atoms with Crippen LogP contribution in [0.4, 0.5) is 5.69 Å². The molecule has 1 aliphatic rings. The molecule has 1 aliphatic heterocycles. The first-order valence-electron chi connectivity index (χ1n) is 6.43. The van der Waals surface area contributed by atoms with Crippen molar-refractivity contribution in [2.75, 3.05) is 23.8 Å². The number of aryl methyl sites for hydroxylation is 1. The van der Waals surface area contributed by atoms with Crippen molar-refractivity contribution in [3.63, 3.8) is 0 Å². The van der Waals surface area contributed by atoms with Gasteiger partial charge in [0.2, 0.25) is 5.91 Å². The Bertz CT molecular complexity index is 403. The van der Waals surface area contributed by atoms with Crippen LogP contribution in [-0.2, 0) is 11.2 Å². The van der Waals surface area contributed by atoms with Gasteiger partial charge in [0.1, 0.15) is 0 Å². The summed E-state index contributed by atoms with van der Waals surface area (Å²) in [4.78, 5) is 11.7.